The number of ether oxygens (including phenoxy) is 2. The lowest BCUT2D eigenvalue weighted by Gasteiger charge is -2.06. The number of aromatic nitrogens is 1. The Morgan fingerprint density at radius 1 is 1.56 bits per heavy atom. The fourth-order valence-electron chi connectivity index (χ4n) is 1.33. The van der Waals surface area contributed by atoms with Gasteiger partial charge in [0.15, 0.2) is 0 Å². The van der Waals surface area contributed by atoms with Crippen LogP contribution in [0.15, 0.2) is 23.3 Å². The molecule has 0 aromatic carbocycles. The fourth-order valence-corrected chi connectivity index (χ4v) is 1.44. The van der Waals surface area contributed by atoms with Crippen LogP contribution >= 0.6 is 11.6 Å². The standard InChI is InChI=1S/C10H12ClN3O2/c11-7-1-2-9(13-5-7)15-4-3-8-6-16-10(12)14-8/h1-2,5,8H,3-4,6H2,(H2,12,14). The predicted octanol–water partition coefficient (Wildman–Crippen LogP) is 1.22. The quantitative estimate of drug-likeness (QED) is 0.861. The third-order valence-corrected chi connectivity index (χ3v) is 2.36. The van der Waals surface area contributed by atoms with E-state index < -0.39 is 0 Å². The molecule has 1 unspecified atom stereocenters. The van der Waals surface area contributed by atoms with Crippen molar-refractivity contribution in [3.05, 3.63) is 23.4 Å². The zero-order chi connectivity index (χ0) is 11.4. The Morgan fingerprint density at radius 2 is 2.44 bits per heavy atom. The summed E-state index contributed by atoms with van der Waals surface area (Å²) in [4.78, 5) is 8.10. The highest BCUT2D eigenvalue weighted by Crippen LogP contribution is 2.12. The van der Waals surface area contributed by atoms with Crippen molar-refractivity contribution in [2.75, 3.05) is 13.2 Å². The number of hydrogen-bond donors (Lipinski definition) is 1. The third-order valence-electron chi connectivity index (χ3n) is 2.13. The zero-order valence-electron chi connectivity index (χ0n) is 8.60. The van der Waals surface area contributed by atoms with E-state index in [1.807, 2.05) is 0 Å². The van der Waals surface area contributed by atoms with Gasteiger partial charge in [-0.2, -0.15) is 0 Å². The van der Waals surface area contributed by atoms with Crippen LogP contribution in [0.5, 0.6) is 5.88 Å². The first-order chi connectivity index (χ1) is 7.74. The second kappa shape index (κ2) is 5.03. The number of rotatable bonds is 4. The molecule has 2 N–H and O–H groups in total. The van der Waals surface area contributed by atoms with E-state index in [9.17, 15) is 0 Å². The lowest BCUT2D eigenvalue weighted by molar-refractivity contribution is 0.258. The van der Waals surface area contributed by atoms with Crippen LogP contribution in [0.3, 0.4) is 0 Å². The zero-order valence-corrected chi connectivity index (χ0v) is 9.35. The molecule has 2 heterocycles. The molecule has 6 heteroatoms. The molecule has 0 amide bonds. The van der Waals surface area contributed by atoms with E-state index in [2.05, 4.69) is 9.98 Å². The molecule has 0 fully saturated rings. The molecular formula is C10H12ClN3O2. The van der Waals surface area contributed by atoms with Crippen molar-refractivity contribution in [3.8, 4) is 5.88 Å². The molecule has 1 aromatic heterocycles. The molecular weight excluding hydrogens is 230 g/mol. The van der Waals surface area contributed by atoms with Crippen LogP contribution in [0.25, 0.3) is 0 Å². The van der Waals surface area contributed by atoms with Crippen LogP contribution in [0.4, 0.5) is 0 Å². The van der Waals surface area contributed by atoms with Gasteiger partial charge in [-0.25, -0.2) is 9.98 Å². The summed E-state index contributed by atoms with van der Waals surface area (Å²) in [5, 5.41) is 0.592. The first-order valence-electron chi connectivity index (χ1n) is 4.94. The van der Waals surface area contributed by atoms with Gasteiger partial charge < -0.3 is 15.2 Å². The number of nitrogens with two attached hydrogens (primary N) is 1. The van der Waals surface area contributed by atoms with Gasteiger partial charge in [0.05, 0.1) is 17.7 Å². The maximum Gasteiger partial charge on any atom is 0.282 e. The van der Waals surface area contributed by atoms with E-state index >= 15 is 0 Å². The Bertz CT molecular complexity index is 380. The molecule has 0 saturated carbocycles. The average Bonchev–Trinajstić information content (AvgIpc) is 2.67. The smallest absolute Gasteiger partial charge is 0.282 e. The summed E-state index contributed by atoms with van der Waals surface area (Å²) in [7, 11) is 0. The normalized spacial score (nSPS) is 19.1. The van der Waals surface area contributed by atoms with Crippen LogP contribution in [0.1, 0.15) is 6.42 Å². The maximum absolute atomic E-state index is 5.70. The molecule has 0 aliphatic carbocycles. The van der Waals surface area contributed by atoms with Gasteiger partial charge in [0.2, 0.25) is 5.88 Å². The Balaban J connectivity index is 1.74. The highest BCUT2D eigenvalue weighted by Gasteiger charge is 2.16. The van der Waals surface area contributed by atoms with Crippen LogP contribution in [-0.4, -0.2) is 30.3 Å². The largest absolute Gasteiger partial charge is 0.478 e. The van der Waals surface area contributed by atoms with Crippen molar-refractivity contribution >= 4 is 17.6 Å². The van der Waals surface area contributed by atoms with E-state index in [4.69, 9.17) is 26.8 Å². The number of nitrogens with zero attached hydrogens (tertiary/aromatic N) is 2. The summed E-state index contributed by atoms with van der Waals surface area (Å²) in [5.41, 5.74) is 5.38. The Labute approximate surface area is 98.2 Å². The predicted molar refractivity (Wildman–Crippen MR) is 60.7 cm³/mol. The fraction of sp³-hybridized carbons (Fsp3) is 0.400. The van der Waals surface area contributed by atoms with E-state index in [-0.39, 0.29) is 12.1 Å². The summed E-state index contributed by atoms with van der Waals surface area (Å²) in [6, 6.07) is 3.81. The summed E-state index contributed by atoms with van der Waals surface area (Å²) in [6.07, 6.45) is 2.30. The highest BCUT2D eigenvalue weighted by molar-refractivity contribution is 6.30. The first kappa shape index (κ1) is 11.0. The molecule has 1 aliphatic rings. The molecule has 0 radical (unpaired) electrons. The molecule has 0 spiro atoms. The lowest BCUT2D eigenvalue weighted by Crippen LogP contribution is -2.12. The van der Waals surface area contributed by atoms with Crippen molar-refractivity contribution < 1.29 is 9.47 Å². The summed E-state index contributed by atoms with van der Waals surface area (Å²) < 4.78 is 10.4. The van der Waals surface area contributed by atoms with Gasteiger partial charge in [-0.15, -0.1) is 0 Å². The van der Waals surface area contributed by atoms with E-state index in [0.29, 0.717) is 24.1 Å². The van der Waals surface area contributed by atoms with Crippen molar-refractivity contribution in [2.24, 2.45) is 10.7 Å². The van der Waals surface area contributed by atoms with Gasteiger partial charge in [0.25, 0.3) is 6.02 Å². The second-order valence-electron chi connectivity index (χ2n) is 3.38. The van der Waals surface area contributed by atoms with Crippen molar-refractivity contribution in [1.29, 1.82) is 0 Å². The van der Waals surface area contributed by atoms with Crippen LogP contribution in [0.2, 0.25) is 5.02 Å². The van der Waals surface area contributed by atoms with Gasteiger partial charge in [-0.1, -0.05) is 11.6 Å². The van der Waals surface area contributed by atoms with Gasteiger partial charge in [-0.05, 0) is 6.07 Å². The monoisotopic (exact) mass is 241 g/mol. The highest BCUT2D eigenvalue weighted by atomic mass is 35.5. The Morgan fingerprint density at radius 3 is 3.06 bits per heavy atom. The maximum atomic E-state index is 5.70. The Kier molecular flexibility index (Phi) is 3.46. The number of aliphatic imine (C=N–C) groups is 1. The summed E-state index contributed by atoms with van der Waals surface area (Å²) in [5.74, 6) is 0.556. The van der Waals surface area contributed by atoms with Crippen LogP contribution < -0.4 is 10.5 Å². The van der Waals surface area contributed by atoms with Gasteiger partial charge in [0.1, 0.15) is 6.61 Å². The topological polar surface area (TPSA) is 69.7 Å². The number of halogens is 1. The van der Waals surface area contributed by atoms with Crippen LogP contribution in [-0.2, 0) is 4.74 Å². The van der Waals surface area contributed by atoms with Crippen LogP contribution in [0, 0.1) is 0 Å². The third kappa shape index (κ3) is 3.00. The summed E-state index contributed by atoms with van der Waals surface area (Å²) in [6.45, 7) is 1.06. The Hall–Kier alpha value is -1.49. The van der Waals surface area contributed by atoms with E-state index in [1.165, 1.54) is 0 Å². The average molecular weight is 242 g/mol. The van der Waals surface area contributed by atoms with Gasteiger partial charge in [-0.3, -0.25) is 0 Å². The number of pyridine rings is 1. The second-order valence-corrected chi connectivity index (χ2v) is 3.82. The summed E-state index contributed by atoms with van der Waals surface area (Å²) >= 11 is 5.70. The molecule has 16 heavy (non-hydrogen) atoms. The van der Waals surface area contributed by atoms with E-state index in [1.54, 1.807) is 18.3 Å². The van der Waals surface area contributed by atoms with Crippen molar-refractivity contribution in [2.45, 2.75) is 12.5 Å². The minimum atomic E-state index is 0.0901. The minimum Gasteiger partial charge on any atom is -0.478 e. The van der Waals surface area contributed by atoms with Crippen molar-refractivity contribution in [3.63, 3.8) is 0 Å². The lowest BCUT2D eigenvalue weighted by atomic mass is 10.2. The molecule has 1 aromatic rings. The van der Waals surface area contributed by atoms with Crippen molar-refractivity contribution in [1.82, 2.24) is 4.98 Å². The number of amidine groups is 1. The molecule has 2 rings (SSSR count). The first-order valence-corrected chi connectivity index (χ1v) is 5.32. The number of hydrogen-bond acceptors (Lipinski definition) is 5. The van der Waals surface area contributed by atoms with E-state index in [0.717, 1.165) is 6.42 Å². The molecule has 5 nitrogen and oxygen atoms in total. The molecule has 1 atom stereocenters. The molecule has 86 valence electrons. The SMILES string of the molecule is NC1=NC(CCOc2ccc(Cl)cn2)CO1. The molecule has 0 bridgehead atoms. The minimum absolute atomic E-state index is 0.0901. The van der Waals surface area contributed by atoms with Gasteiger partial charge in [0, 0.05) is 18.7 Å². The molecule has 1 aliphatic heterocycles. The van der Waals surface area contributed by atoms with Gasteiger partial charge >= 0.3 is 0 Å². The molecule has 0 saturated heterocycles.